The first-order chi connectivity index (χ1) is 6.42. The van der Waals surface area contributed by atoms with E-state index in [1.807, 2.05) is 6.08 Å². The summed E-state index contributed by atoms with van der Waals surface area (Å²) in [5, 5.41) is 0. The van der Waals surface area contributed by atoms with Gasteiger partial charge in [0.25, 0.3) is 0 Å². The van der Waals surface area contributed by atoms with Crippen molar-refractivity contribution in [1.82, 2.24) is 0 Å². The van der Waals surface area contributed by atoms with E-state index >= 15 is 0 Å². The highest BCUT2D eigenvalue weighted by molar-refractivity contribution is 5.53. The third kappa shape index (κ3) is 1.67. The van der Waals surface area contributed by atoms with Crippen LogP contribution >= 0.6 is 0 Å². The Balaban J connectivity index is 2.31. The van der Waals surface area contributed by atoms with E-state index in [0.29, 0.717) is 0 Å². The first-order valence-electron chi connectivity index (χ1n) is 5.13. The highest BCUT2D eigenvalue weighted by atomic mass is 14.2. The molecule has 0 amide bonds. The molecule has 2 rings (SSSR count). The van der Waals surface area contributed by atoms with Crippen molar-refractivity contribution in [2.45, 2.75) is 31.6 Å². The van der Waals surface area contributed by atoms with Crippen LogP contribution in [-0.4, -0.2) is 0 Å². The summed E-state index contributed by atoms with van der Waals surface area (Å²) in [6, 6.07) is 8.66. The van der Waals surface area contributed by atoms with E-state index < -0.39 is 0 Å². The van der Waals surface area contributed by atoms with Gasteiger partial charge < -0.3 is 0 Å². The molecule has 0 unspecified atom stereocenters. The summed E-state index contributed by atoms with van der Waals surface area (Å²) >= 11 is 0. The molecule has 1 aromatic rings. The summed E-state index contributed by atoms with van der Waals surface area (Å²) in [7, 11) is 0. The smallest absolute Gasteiger partial charge is 0.0156 e. The van der Waals surface area contributed by atoms with Crippen molar-refractivity contribution in [2.24, 2.45) is 0 Å². The van der Waals surface area contributed by atoms with Crippen molar-refractivity contribution in [3.05, 3.63) is 42.0 Å². The van der Waals surface area contributed by atoms with E-state index in [4.69, 9.17) is 0 Å². The fraction of sp³-hybridized carbons (Fsp3) is 0.385. The normalized spacial score (nSPS) is 17.5. The summed E-state index contributed by atoms with van der Waals surface area (Å²) < 4.78 is 0. The first kappa shape index (κ1) is 8.55. The van der Waals surface area contributed by atoms with Gasteiger partial charge in [-0.2, -0.15) is 0 Å². The van der Waals surface area contributed by atoms with Gasteiger partial charge in [0.1, 0.15) is 0 Å². The van der Waals surface area contributed by atoms with Gasteiger partial charge in [-0.25, -0.2) is 0 Å². The average Bonchev–Trinajstić information content (AvgIpc) is 2.70. The molecule has 0 saturated heterocycles. The van der Waals surface area contributed by atoms with Crippen LogP contribution in [0.25, 0.3) is 6.08 Å². The standard InChI is InChI=1S/C13H16/c1-2-11-7-5-6-10-13(11)12-8-3-4-9-12/h2,5-7,10,12H,1,3-4,8-9H2. The SMILES string of the molecule is C=Cc1ccccc1C1CCCC1. The highest BCUT2D eigenvalue weighted by Gasteiger charge is 2.18. The van der Waals surface area contributed by atoms with E-state index in [-0.39, 0.29) is 0 Å². The molecule has 1 aliphatic rings. The highest BCUT2D eigenvalue weighted by Crippen LogP contribution is 2.35. The Morgan fingerprint density at radius 2 is 1.85 bits per heavy atom. The Bertz CT molecular complexity index is 293. The summed E-state index contributed by atoms with van der Waals surface area (Å²) in [4.78, 5) is 0. The van der Waals surface area contributed by atoms with Crippen molar-refractivity contribution in [3.8, 4) is 0 Å². The van der Waals surface area contributed by atoms with Gasteiger partial charge in [-0.3, -0.25) is 0 Å². The lowest BCUT2D eigenvalue weighted by Crippen LogP contribution is -1.94. The second-order valence-electron chi connectivity index (χ2n) is 3.81. The Kier molecular flexibility index (Phi) is 2.49. The number of benzene rings is 1. The molecular formula is C13H16. The Morgan fingerprint density at radius 1 is 1.15 bits per heavy atom. The summed E-state index contributed by atoms with van der Waals surface area (Å²) in [6.45, 7) is 3.86. The van der Waals surface area contributed by atoms with Crippen LogP contribution in [0.5, 0.6) is 0 Å². The van der Waals surface area contributed by atoms with Crippen molar-refractivity contribution in [3.63, 3.8) is 0 Å². The predicted octanol–water partition coefficient (Wildman–Crippen LogP) is 3.99. The predicted molar refractivity (Wildman–Crippen MR) is 57.7 cm³/mol. The van der Waals surface area contributed by atoms with Crippen LogP contribution in [0.3, 0.4) is 0 Å². The molecule has 1 aliphatic carbocycles. The van der Waals surface area contributed by atoms with Gasteiger partial charge >= 0.3 is 0 Å². The molecule has 0 heterocycles. The average molecular weight is 172 g/mol. The summed E-state index contributed by atoms with van der Waals surface area (Å²) in [5.74, 6) is 0.800. The molecule has 1 fully saturated rings. The Morgan fingerprint density at radius 3 is 2.54 bits per heavy atom. The third-order valence-corrected chi connectivity index (χ3v) is 3.01. The fourth-order valence-corrected chi connectivity index (χ4v) is 2.31. The van der Waals surface area contributed by atoms with Crippen LogP contribution in [-0.2, 0) is 0 Å². The lowest BCUT2D eigenvalue weighted by molar-refractivity contribution is 0.722. The molecule has 0 heteroatoms. The monoisotopic (exact) mass is 172 g/mol. The van der Waals surface area contributed by atoms with Gasteiger partial charge in [-0.1, -0.05) is 49.8 Å². The molecule has 0 bridgehead atoms. The number of hydrogen-bond donors (Lipinski definition) is 0. The Hall–Kier alpha value is -1.04. The number of hydrogen-bond acceptors (Lipinski definition) is 0. The quantitative estimate of drug-likeness (QED) is 0.632. The van der Waals surface area contributed by atoms with E-state index in [1.54, 1.807) is 0 Å². The molecule has 1 saturated carbocycles. The zero-order valence-corrected chi connectivity index (χ0v) is 8.00. The van der Waals surface area contributed by atoms with Crippen molar-refractivity contribution < 1.29 is 0 Å². The zero-order valence-electron chi connectivity index (χ0n) is 8.00. The van der Waals surface area contributed by atoms with E-state index in [2.05, 4.69) is 30.8 Å². The number of rotatable bonds is 2. The van der Waals surface area contributed by atoms with Crippen LogP contribution in [0.1, 0.15) is 42.7 Å². The van der Waals surface area contributed by atoms with Crippen molar-refractivity contribution in [1.29, 1.82) is 0 Å². The van der Waals surface area contributed by atoms with Gasteiger partial charge in [-0.05, 0) is 29.9 Å². The second-order valence-corrected chi connectivity index (χ2v) is 3.81. The molecule has 0 atom stereocenters. The van der Waals surface area contributed by atoms with Gasteiger partial charge in [0.05, 0.1) is 0 Å². The molecule has 68 valence electrons. The molecule has 13 heavy (non-hydrogen) atoms. The van der Waals surface area contributed by atoms with Crippen molar-refractivity contribution >= 4 is 6.08 Å². The Labute approximate surface area is 80.3 Å². The molecule has 0 aliphatic heterocycles. The summed E-state index contributed by atoms with van der Waals surface area (Å²) in [6.07, 6.45) is 7.51. The van der Waals surface area contributed by atoms with E-state index in [0.717, 1.165) is 5.92 Å². The van der Waals surface area contributed by atoms with Gasteiger partial charge in [0.2, 0.25) is 0 Å². The maximum atomic E-state index is 3.86. The minimum Gasteiger partial charge on any atom is -0.0985 e. The molecule has 0 spiro atoms. The molecular weight excluding hydrogens is 156 g/mol. The fourth-order valence-electron chi connectivity index (χ4n) is 2.31. The summed E-state index contributed by atoms with van der Waals surface area (Å²) in [5.41, 5.74) is 2.84. The van der Waals surface area contributed by atoms with Gasteiger partial charge in [0, 0.05) is 0 Å². The maximum absolute atomic E-state index is 3.86. The third-order valence-electron chi connectivity index (χ3n) is 3.01. The van der Waals surface area contributed by atoms with Crippen LogP contribution in [0.2, 0.25) is 0 Å². The minimum atomic E-state index is 0.800. The van der Waals surface area contributed by atoms with E-state index in [9.17, 15) is 0 Å². The van der Waals surface area contributed by atoms with E-state index in [1.165, 1.54) is 36.8 Å². The largest absolute Gasteiger partial charge is 0.0985 e. The lowest BCUT2D eigenvalue weighted by atomic mass is 9.93. The molecule has 0 N–H and O–H groups in total. The maximum Gasteiger partial charge on any atom is -0.0156 e. The van der Waals surface area contributed by atoms with Gasteiger partial charge in [-0.15, -0.1) is 0 Å². The van der Waals surface area contributed by atoms with Crippen LogP contribution in [0.15, 0.2) is 30.8 Å². The zero-order chi connectivity index (χ0) is 9.10. The molecule has 0 nitrogen and oxygen atoms in total. The first-order valence-corrected chi connectivity index (χ1v) is 5.13. The molecule has 1 aromatic carbocycles. The van der Waals surface area contributed by atoms with Crippen molar-refractivity contribution in [2.75, 3.05) is 0 Å². The molecule has 0 radical (unpaired) electrons. The minimum absolute atomic E-state index is 0.800. The van der Waals surface area contributed by atoms with Gasteiger partial charge in [0.15, 0.2) is 0 Å². The van der Waals surface area contributed by atoms with Crippen LogP contribution < -0.4 is 0 Å². The molecule has 0 aromatic heterocycles. The lowest BCUT2D eigenvalue weighted by Gasteiger charge is -2.12. The topological polar surface area (TPSA) is 0 Å². The van der Waals surface area contributed by atoms with Crippen LogP contribution in [0.4, 0.5) is 0 Å². The van der Waals surface area contributed by atoms with Crippen LogP contribution in [0, 0.1) is 0 Å². The second kappa shape index (κ2) is 3.78.